The number of carbonyl (C=O) groups is 1. The maximum Gasteiger partial charge on any atom is 0.269 e. The minimum Gasteiger partial charge on any atom is -0.354 e. The molecule has 1 heterocycles. The summed E-state index contributed by atoms with van der Waals surface area (Å²) in [5.74, 6) is -0.233. The van der Waals surface area contributed by atoms with Crippen molar-refractivity contribution in [3.8, 4) is 0 Å². The fraction of sp³-hybridized carbons (Fsp3) is 0.333. The van der Waals surface area contributed by atoms with Crippen molar-refractivity contribution < 1.29 is 6.22 Å². The molecular formula is C12H18N4O. The summed E-state index contributed by atoms with van der Waals surface area (Å²) in [4.78, 5) is 23.7. The quantitative estimate of drug-likeness (QED) is 0.809. The molecule has 0 radical (unpaired) electrons. The van der Waals surface area contributed by atoms with Crippen LogP contribution < -0.4 is 5.32 Å². The number of aliphatic imine (C=N–C) groups is 1. The molecule has 17 heavy (non-hydrogen) atoms. The summed E-state index contributed by atoms with van der Waals surface area (Å²) >= 11 is 0. The highest BCUT2D eigenvalue weighted by atomic mass is 16.1. The van der Waals surface area contributed by atoms with Gasteiger partial charge in [-0.3, -0.25) is 9.79 Å². The fourth-order valence-electron chi connectivity index (χ4n) is 1.23. The van der Waals surface area contributed by atoms with Crippen molar-refractivity contribution in [2.75, 3.05) is 7.05 Å². The van der Waals surface area contributed by atoms with Gasteiger partial charge in [-0.15, -0.1) is 0 Å². The van der Waals surface area contributed by atoms with E-state index in [4.69, 9.17) is 0 Å². The van der Waals surface area contributed by atoms with E-state index in [9.17, 15) is 4.79 Å². The Labute approximate surface area is 102 Å². The van der Waals surface area contributed by atoms with Crippen LogP contribution in [0.4, 0.5) is 0 Å². The molecule has 0 fully saturated rings. The maximum absolute atomic E-state index is 11.4. The van der Waals surface area contributed by atoms with Crippen molar-refractivity contribution in [2.24, 2.45) is 4.99 Å². The smallest absolute Gasteiger partial charge is 0.269 e. The second-order valence-corrected chi connectivity index (χ2v) is 3.26. The van der Waals surface area contributed by atoms with Crippen LogP contribution in [0.2, 0.25) is 0 Å². The number of carbonyl (C=O) groups excluding carboxylic acids is 1. The SMILES string of the molecule is C/C=C(\N=CCC)c1cc(C(=O)NC)ncn1.[HH]. The molecule has 5 heteroatoms. The molecular weight excluding hydrogens is 216 g/mol. The molecule has 0 saturated heterocycles. The summed E-state index contributed by atoms with van der Waals surface area (Å²) in [5, 5.41) is 2.52. The van der Waals surface area contributed by atoms with Gasteiger partial charge in [-0.25, -0.2) is 9.97 Å². The van der Waals surface area contributed by atoms with Crippen molar-refractivity contribution in [3.63, 3.8) is 0 Å². The highest BCUT2D eigenvalue weighted by Crippen LogP contribution is 2.13. The Hall–Kier alpha value is -2.04. The van der Waals surface area contributed by atoms with Crippen LogP contribution in [0.5, 0.6) is 0 Å². The monoisotopic (exact) mass is 234 g/mol. The standard InChI is InChI=1S/C12H16N4O.H2/c1-4-6-14-9(5-2)10-7-11(12(17)13-3)16-8-15-10;/h5-8H,4H2,1-3H3,(H,13,17);1H/b9-5-,14-6?;. The number of nitrogens with one attached hydrogen (secondary N) is 1. The lowest BCUT2D eigenvalue weighted by Crippen LogP contribution is -2.19. The molecule has 0 saturated carbocycles. The third kappa shape index (κ3) is 3.48. The molecule has 1 aromatic heterocycles. The lowest BCUT2D eigenvalue weighted by Gasteiger charge is -2.02. The number of hydrogen-bond donors (Lipinski definition) is 1. The van der Waals surface area contributed by atoms with Crippen LogP contribution in [-0.4, -0.2) is 29.1 Å². The van der Waals surface area contributed by atoms with E-state index in [0.717, 1.165) is 12.1 Å². The number of allylic oxidation sites excluding steroid dienone is 1. The third-order valence-electron chi connectivity index (χ3n) is 2.08. The first-order valence-electron chi connectivity index (χ1n) is 5.46. The summed E-state index contributed by atoms with van der Waals surface area (Å²) in [6.45, 7) is 3.89. The van der Waals surface area contributed by atoms with E-state index in [1.54, 1.807) is 19.3 Å². The molecule has 0 unspecified atom stereocenters. The van der Waals surface area contributed by atoms with E-state index in [0.29, 0.717) is 11.4 Å². The second-order valence-electron chi connectivity index (χ2n) is 3.26. The van der Waals surface area contributed by atoms with E-state index >= 15 is 0 Å². The zero-order valence-corrected chi connectivity index (χ0v) is 10.3. The molecule has 0 spiro atoms. The molecule has 1 amide bonds. The molecule has 1 N–H and O–H groups in total. The molecule has 0 bridgehead atoms. The highest BCUT2D eigenvalue weighted by Gasteiger charge is 2.08. The third-order valence-corrected chi connectivity index (χ3v) is 2.08. The van der Waals surface area contributed by atoms with E-state index in [1.807, 2.05) is 19.9 Å². The summed E-state index contributed by atoms with van der Waals surface area (Å²) in [6.07, 6.45) is 5.87. The zero-order chi connectivity index (χ0) is 12.7. The predicted molar refractivity (Wildman–Crippen MR) is 70.0 cm³/mol. The van der Waals surface area contributed by atoms with Gasteiger partial charge in [-0.2, -0.15) is 0 Å². The van der Waals surface area contributed by atoms with Gasteiger partial charge in [0, 0.05) is 14.7 Å². The Kier molecular flexibility index (Phi) is 5.00. The van der Waals surface area contributed by atoms with Crippen molar-refractivity contribution in [2.45, 2.75) is 20.3 Å². The van der Waals surface area contributed by atoms with Gasteiger partial charge in [-0.05, 0) is 19.4 Å². The van der Waals surface area contributed by atoms with Gasteiger partial charge in [-0.1, -0.05) is 13.0 Å². The van der Waals surface area contributed by atoms with Gasteiger partial charge >= 0.3 is 0 Å². The number of aromatic nitrogens is 2. The molecule has 92 valence electrons. The Morgan fingerprint density at radius 3 is 2.82 bits per heavy atom. The molecule has 0 aliphatic rings. The Morgan fingerprint density at radius 1 is 1.53 bits per heavy atom. The van der Waals surface area contributed by atoms with Crippen molar-refractivity contribution >= 4 is 17.8 Å². The van der Waals surface area contributed by atoms with Crippen molar-refractivity contribution in [1.82, 2.24) is 15.3 Å². The molecule has 0 aliphatic heterocycles. The molecule has 5 nitrogen and oxygen atoms in total. The predicted octanol–water partition coefficient (Wildman–Crippen LogP) is 1.92. The van der Waals surface area contributed by atoms with Crippen LogP contribution in [0.1, 0.15) is 37.9 Å². The van der Waals surface area contributed by atoms with Gasteiger partial charge in [0.05, 0.1) is 11.4 Å². The van der Waals surface area contributed by atoms with Crippen LogP contribution in [-0.2, 0) is 0 Å². The van der Waals surface area contributed by atoms with Crippen molar-refractivity contribution in [3.05, 3.63) is 29.9 Å². The van der Waals surface area contributed by atoms with E-state index in [1.165, 1.54) is 6.33 Å². The van der Waals surface area contributed by atoms with Crippen molar-refractivity contribution in [1.29, 1.82) is 0 Å². The molecule has 0 aliphatic carbocycles. The Morgan fingerprint density at radius 2 is 2.24 bits per heavy atom. The van der Waals surface area contributed by atoms with Crippen LogP contribution >= 0.6 is 0 Å². The average molecular weight is 234 g/mol. The van der Waals surface area contributed by atoms with Crippen LogP contribution in [0.15, 0.2) is 23.5 Å². The number of nitrogens with zero attached hydrogens (tertiary/aromatic N) is 3. The largest absolute Gasteiger partial charge is 0.354 e. The molecule has 1 aromatic rings. The topological polar surface area (TPSA) is 67.2 Å². The molecule has 0 atom stereocenters. The highest BCUT2D eigenvalue weighted by molar-refractivity contribution is 5.92. The average Bonchev–Trinajstić information content (AvgIpc) is 2.39. The minimum atomic E-state index is -0.233. The van der Waals surface area contributed by atoms with Gasteiger partial charge in [0.15, 0.2) is 0 Å². The fourth-order valence-corrected chi connectivity index (χ4v) is 1.23. The first kappa shape index (κ1) is 13.0. The van der Waals surface area contributed by atoms with Gasteiger partial charge in [0.25, 0.3) is 5.91 Å². The number of amides is 1. The Bertz CT molecular complexity index is 457. The first-order chi connectivity index (χ1) is 8.22. The van der Waals surface area contributed by atoms with Crippen LogP contribution in [0, 0.1) is 0 Å². The molecule has 1 rings (SSSR count). The number of rotatable bonds is 4. The minimum absolute atomic E-state index is 0. The number of hydrogen-bond acceptors (Lipinski definition) is 4. The van der Waals surface area contributed by atoms with Gasteiger partial charge in [0.1, 0.15) is 12.0 Å². The normalized spacial score (nSPS) is 11.8. The van der Waals surface area contributed by atoms with Crippen LogP contribution in [0.25, 0.3) is 5.70 Å². The van der Waals surface area contributed by atoms with Gasteiger partial charge in [0.2, 0.25) is 0 Å². The van der Waals surface area contributed by atoms with E-state index in [-0.39, 0.29) is 7.33 Å². The first-order valence-corrected chi connectivity index (χ1v) is 5.46. The maximum atomic E-state index is 11.4. The van der Waals surface area contributed by atoms with Crippen LogP contribution in [0.3, 0.4) is 0 Å². The summed E-state index contributed by atoms with van der Waals surface area (Å²) in [5.41, 5.74) is 1.72. The lowest BCUT2D eigenvalue weighted by molar-refractivity contribution is 0.0958. The zero-order valence-electron chi connectivity index (χ0n) is 10.3. The van der Waals surface area contributed by atoms with E-state index in [2.05, 4.69) is 20.3 Å². The van der Waals surface area contributed by atoms with E-state index < -0.39 is 0 Å². The summed E-state index contributed by atoms with van der Waals surface area (Å²) < 4.78 is 0. The molecule has 0 aromatic carbocycles. The van der Waals surface area contributed by atoms with Gasteiger partial charge < -0.3 is 5.32 Å². The second kappa shape index (κ2) is 6.52. The summed E-state index contributed by atoms with van der Waals surface area (Å²) in [6, 6.07) is 1.63. The summed E-state index contributed by atoms with van der Waals surface area (Å²) in [7, 11) is 1.57. The Balaban J connectivity index is 0.00000289. The lowest BCUT2D eigenvalue weighted by atomic mass is 10.2.